The van der Waals surface area contributed by atoms with Gasteiger partial charge in [-0.1, -0.05) is 26.0 Å². The van der Waals surface area contributed by atoms with Gasteiger partial charge in [0.25, 0.3) is 5.69 Å². The maximum absolute atomic E-state index is 12.6. The van der Waals surface area contributed by atoms with Crippen molar-refractivity contribution in [1.82, 2.24) is 9.62 Å². The number of benzene rings is 1. The third-order valence-electron chi connectivity index (χ3n) is 4.15. The molecule has 0 spiro atoms. The third-order valence-corrected chi connectivity index (χ3v) is 5.79. The molecule has 0 aromatic heterocycles. The number of carboxylic acid groups (broad SMARTS) is 1. The standard InChI is InChI=1S/C15H19N3O7S/c1-9(2)12(13(19)20)17-8-15(3,14(17)21)16-26(24,25)11-7-5-4-6-10(11)18(22)23/h4-7,9,12,16H,8H2,1-3H3,(H,19,20)/t12-,15-/m1/s1. The van der Waals surface area contributed by atoms with E-state index in [9.17, 15) is 33.2 Å². The highest BCUT2D eigenvalue weighted by molar-refractivity contribution is 7.89. The second-order valence-corrected chi connectivity index (χ2v) is 8.27. The quantitative estimate of drug-likeness (QED) is 0.396. The Morgan fingerprint density at radius 2 is 1.96 bits per heavy atom. The maximum Gasteiger partial charge on any atom is 0.326 e. The lowest BCUT2D eigenvalue weighted by Crippen LogP contribution is -2.75. The normalized spacial score (nSPS) is 21.4. The maximum atomic E-state index is 12.6. The molecular weight excluding hydrogens is 366 g/mol. The number of carbonyl (C=O) groups excluding carboxylic acids is 1. The summed E-state index contributed by atoms with van der Waals surface area (Å²) < 4.78 is 27.3. The number of hydrogen-bond acceptors (Lipinski definition) is 6. The van der Waals surface area contributed by atoms with Crippen LogP contribution in [0.5, 0.6) is 0 Å². The fourth-order valence-corrected chi connectivity index (χ4v) is 4.50. The van der Waals surface area contributed by atoms with E-state index in [-0.39, 0.29) is 12.5 Å². The number of likely N-dealkylation sites (tertiary alicyclic amines) is 1. The summed E-state index contributed by atoms with van der Waals surface area (Å²) in [5, 5.41) is 20.3. The number of sulfonamides is 1. The zero-order valence-corrected chi connectivity index (χ0v) is 15.2. The summed E-state index contributed by atoms with van der Waals surface area (Å²) in [6.07, 6.45) is 0. The van der Waals surface area contributed by atoms with Crippen LogP contribution in [-0.2, 0) is 19.6 Å². The molecule has 0 aliphatic carbocycles. The minimum absolute atomic E-state index is 0.152. The molecule has 11 heteroatoms. The second-order valence-electron chi connectivity index (χ2n) is 6.62. The number of carbonyl (C=O) groups is 2. The summed E-state index contributed by atoms with van der Waals surface area (Å²) in [7, 11) is -4.36. The number of nitrogens with one attached hydrogen (secondary N) is 1. The third kappa shape index (κ3) is 3.40. The largest absolute Gasteiger partial charge is 0.480 e. The van der Waals surface area contributed by atoms with Crippen molar-refractivity contribution in [3.63, 3.8) is 0 Å². The Bertz CT molecular complexity index is 868. The van der Waals surface area contributed by atoms with Crippen molar-refractivity contribution >= 4 is 27.6 Å². The van der Waals surface area contributed by atoms with E-state index < -0.39 is 49.0 Å². The first kappa shape index (κ1) is 19.8. The van der Waals surface area contributed by atoms with Gasteiger partial charge in [0.15, 0.2) is 4.90 Å². The van der Waals surface area contributed by atoms with Crippen LogP contribution in [0.1, 0.15) is 20.8 Å². The molecule has 1 heterocycles. The van der Waals surface area contributed by atoms with E-state index in [0.717, 1.165) is 17.0 Å². The number of β-lactam (4-membered cyclic amide) rings is 1. The Balaban J connectivity index is 2.28. The van der Waals surface area contributed by atoms with Gasteiger partial charge in [-0.2, -0.15) is 4.72 Å². The molecule has 0 bridgehead atoms. The zero-order chi connectivity index (χ0) is 19.9. The van der Waals surface area contributed by atoms with E-state index in [1.54, 1.807) is 13.8 Å². The Labute approximate surface area is 150 Å². The van der Waals surface area contributed by atoms with Gasteiger partial charge in [-0.25, -0.2) is 13.2 Å². The Morgan fingerprint density at radius 1 is 1.38 bits per heavy atom. The Kier molecular flexibility index (Phi) is 5.06. The fourth-order valence-electron chi connectivity index (χ4n) is 2.97. The summed E-state index contributed by atoms with van der Waals surface area (Å²) in [5.74, 6) is -2.24. The van der Waals surface area contributed by atoms with Gasteiger partial charge in [0.2, 0.25) is 15.9 Å². The lowest BCUT2D eigenvalue weighted by molar-refractivity contribution is -0.387. The first-order valence-electron chi connectivity index (χ1n) is 7.72. The van der Waals surface area contributed by atoms with Crippen LogP contribution in [0, 0.1) is 16.0 Å². The van der Waals surface area contributed by atoms with Crippen LogP contribution >= 0.6 is 0 Å². The summed E-state index contributed by atoms with van der Waals surface area (Å²) >= 11 is 0. The van der Waals surface area contributed by atoms with Crippen molar-refractivity contribution in [1.29, 1.82) is 0 Å². The highest BCUT2D eigenvalue weighted by atomic mass is 32.2. The smallest absolute Gasteiger partial charge is 0.326 e. The molecule has 2 atom stereocenters. The predicted molar refractivity (Wildman–Crippen MR) is 89.8 cm³/mol. The first-order chi connectivity index (χ1) is 11.9. The van der Waals surface area contributed by atoms with Gasteiger partial charge in [-0.05, 0) is 18.9 Å². The van der Waals surface area contributed by atoms with Crippen LogP contribution in [0.15, 0.2) is 29.2 Å². The van der Waals surface area contributed by atoms with Crippen molar-refractivity contribution < 1.29 is 28.0 Å². The van der Waals surface area contributed by atoms with Crippen LogP contribution < -0.4 is 4.72 Å². The lowest BCUT2D eigenvalue weighted by atomic mass is 9.87. The number of nitro groups is 1. The molecule has 1 fully saturated rings. The molecular formula is C15H19N3O7S. The van der Waals surface area contributed by atoms with Gasteiger partial charge in [-0.3, -0.25) is 14.9 Å². The summed E-state index contributed by atoms with van der Waals surface area (Å²) in [4.78, 5) is 34.6. The first-order valence-corrected chi connectivity index (χ1v) is 9.20. The molecule has 0 unspecified atom stereocenters. The van der Waals surface area contributed by atoms with E-state index in [2.05, 4.69) is 4.72 Å². The highest BCUT2D eigenvalue weighted by Gasteiger charge is 2.55. The molecule has 142 valence electrons. The Morgan fingerprint density at radius 3 is 2.42 bits per heavy atom. The molecule has 26 heavy (non-hydrogen) atoms. The number of nitro benzene ring substituents is 1. The number of aliphatic carboxylic acids is 1. The van der Waals surface area contributed by atoms with Crippen molar-refractivity contribution in [3.8, 4) is 0 Å². The molecule has 2 rings (SSSR count). The Hall–Kier alpha value is -2.53. The molecule has 1 amide bonds. The van der Waals surface area contributed by atoms with Crippen molar-refractivity contribution in [2.75, 3.05) is 6.54 Å². The van der Waals surface area contributed by atoms with Crippen LogP contribution in [0.2, 0.25) is 0 Å². The predicted octanol–water partition coefficient (Wildman–Crippen LogP) is 0.583. The number of amides is 1. The van der Waals surface area contributed by atoms with Crippen LogP contribution in [0.4, 0.5) is 5.69 Å². The molecule has 10 nitrogen and oxygen atoms in total. The van der Waals surface area contributed by atoms with E-state index >= 15 is 0 Å². The van der Waals surface area contributed by atoms with E-state index in [1.807, 2.05) is 0 Å². The molecule has 1 aliphatic rings. The molecule has 0 saturated carbocycles. The van der Waals surface area contributed by atoms with Crippen LogP contribution in [-0.4, -0.2) is 53.3 Å². The van der Waals surface area contributed by atoms with Gasteiger partial charge in [0.05, 0.1) is 4.92 Å². The number of para-hydroxylation sites is 1. The van der Waals surface area contributed by atoms with Gasteiger partial charge in [0.1, 0.15) is 11.6 Å². The van der Waals surface area contributed by atoms with Gasteiger partial charge in [0, 0.05) is 12.6 Å². The second kappa shape index (κ2) is 6.65. The van der Waals surface area contributed by atoms with Gasteiger partial charge in [-0.15, -0.1) is 0 Å². The zero-order valence-electron chi connectivity index (χ0n) is 14.4. The number of rotatable bonds is 7. The molecule has 1 saturated heterocycles. The van der Waals surface area contributed by atoms with E-state index in [1.165, 1.54) is 19.1 Å². The molecule has 1 aromatic rings. The SMILES string of the molecule is CC(C)[C@H](C(=O)O)N1C[C@@](C)(NS(=O)(=O)c2ccccc2[N+](=O)[O-])C1=O. The van der Waals surface area contributed by atoms with Crippen LogP contribution in [0.25, 0.3) is 0 Å². The number of nitrogens with zero attached hydrogens (tertiary/aromatic N) is 2. The highest BCUT2D eigenvalue weighted by Crippen LogP contribution is 2.31. The number of carboxylic acids is 1. The van der Waals surface area contributed by atoms with E-state index in [0.29, 0.717) is 0 Å². The van der Waals surface area contributed by atoms with Crippen molar-refractivity contribution in [2.45, 2.75) is 37.2 Å². The minimum Gasteiger partial charge on any atom is -0.480 e. The summed E-state index contributed by atoms with van der Waals surface area (Å²) in [6.45, 7) is 4.44. The fraction of sp³-hybridized carbons (Fsp3) is 0.467. The monoisotopic (exact) mass is 385 g/mol. The van der Waals surface area contributed by atoms with Gasteiger partial charge < -0.3 is 10.0 Å². The number of hydrogen-bond donors (Lipinski definition) is 2. The average molecular weight is 385 g/mol. The summed E-state index contributed by atoms with van der Waals surface area (Å²) in [5.41, 5.74) is -2.18. The molecule has 1 aromatic carbocycles. The van der Waals surface area contributed by atoms with Crippen LogP contribution in [0.3, 0.4) is 0 Å². The van der Waals surface area contributed by atoms with E-state index in [4.69, 9.17) is 0 Å². The average Bonchev–Trinajstić information content (AvgIpc) is 2.53. The topological polar surface area (TPSA) is 147 Å². The molecule has 0 radical (unpaired) electrons. The molecule has 2 N–H and O–H groups in total. The summed E-state index contributed by atoms with van der Waals surface area (Å²) in [6, 6.07) is 3.70. The van der Waals surface area contributed by atoms with Crippen molar-refractivity contribution in [2.24, 2.45) is 5.92 Å². The lowest BCUT2D eigenvalue weighted by Gasteiger charge is -2.49. The van der Waals surface area contributed by atoms with Crippen molar-refractivity contribution in [3.05, 3.63) is 34.4 Å². The minimum atomic E-state index is -4.36. The van der Waals surface area contributed by atoms with Gasteiger partial charge >= 0.3 is 5.97 Å². The molecule has 1 aliphatic heterocycles.